The minimum absolute atomic E-state index is 0.760. The van der Waals surface area contributed by atoms with Crippen LogP contribution in [0.15, 0.2) is 36.7 Å². The summed E-state index contributed by atoms with van der Waals surface area (Å²) in [5, 5.41) is 4.26. The number of aryl methyl sites for hydroxylation is 1. The molecule has 14 heavy (non-hydrogen) atoms. The predicted molar refractivity (Wildman–Crippen MR) is 57.4 cm³/mol. The third-order valence-corrected chi connectivity index (χ3v) is 2.18. The number of nitrogen functional groups attached to an aromatic ring is 1. The van der Waals surface area contributed by atoms with E-state index in [1.807, 2.05) is 41.3 Å². The van der Waals surface area contributed by atoms with Gasteiger partial charge in [0.15, 0.2) is 0 Å². The highest BCUT2D eigenvalue weighted by atomic mass is 15.3. The van der Waals surface area contributed by atoms with E-state index in [9.17, 15) is 0 Å². The zero-order chi connectivity index (χ0) is 9.97. The van der Waals surface area contributed by atoms with Gasteiger partial charge in [-0.25, -0.2) is 4.68 Å². The fourth-order valence-electron chi connectivity index (χ4n) is 1.35. The molecule has 0 saturated carbocycles. The van der Waals surface area contributed by atoms with Crippen LogP contribution in [0.1, 0.15) is 12.5 Å². The molecule has 3 nitrogen and oxygen atoms in total. The van der Waals surface area contributed by atoms with Crippen LogP contribution in [0.5, 0.6) is 0 Å². The summed E-state index contributed by atoms with van der Waals surface area (Å²) in [6.07, 6.45) is 4.90. The predicted octanol–water partition coefficient (Wildman–Crippen LogP) is 2.02. The molecule has 2 N–H and O–H groups in total. The Bertz CT molecular complexity index is 432. The van der Waals surface area contributed by atoms with Crippen molar-refractivity contribution >= 4 is 5.69 Å². The number of rotatable bonds is 2. The van der Waals surface area contributed by atoms with Crippen molar-refractivity contribution in [2.75, 3.05) is 5.73 Å². The number of benzene rings is 1. The smallest absolute Gasteiger partial charge is 0.0666 e. The summed E-state index contributed by atoms with van der Waals surface area (Å²) >= 11 is 0. The van der Waals surface area contributed by atoms with E-state index in [4.69, 9.17) is 5.73 Å². The van der Waals surface area contributed by atoms with Gasteiger partial charge in [-0.05, 0) is 30.2 Å². The number of aromatic nitrogens is 2. The molecule has 2 rings (SSSR count). The Morgan fingerprint density at radius 3 is 2.93 bits per heavy atom. The molecule has 1 aromatic heterocycles. The van der Waals surface area contributed by atoms with E-state index < -0.39 is 0 Å². The molecular formula is C11H13N3. The molecule has 1 heterocycles. The molecule has 72 valence electrons. The van der Waals surface area contributed by atoms with Crippen LogP contribution in [0, 0.1) is 0 Å². The molecule has 0 radical (unpaired) electrons. The van der Waals surface area contributed by atoms with Gasteiger partial charge in [-0.3, -0.25) is 0 Å². The normalized spacial score (nSPS) is 10.4. The first-order valence-electron chi connectivity index (χ1n) is 4.69. The SMILES string of the molecule is CCc1cnn(-c2cccc(N)c2)c1. The Morgan fingerprint density at radius 2 is 2.29 bits per heavy atom. The van der Waals surface area contributed by atoms with Gasteiger partial charge < -0.3 is 5.73 Å². The van der Waals surface area contributed by atoms with Gasteiger partial charge in [0.05, 0.1) is 11.9 Å². The van der Waals surface area contributed by atoms with E-state index >= 15 is 0 Å². The van der Waals surface area contributed by atoms with E-state index in [0.29, 0.717) is 0 Å². The van der Waals surface area contributed by atoms with Gasteiger partial charge in [0.25, 0.3) is 0 Å². The molecule has 0 spiro atoms. The number of nitrogens with two attached hydrogens (primary N) is 1. The molecule has 0 unspecified atom stereocenters. The Labute approximate surface area is 83.2 Å². The number of nitrogens with zero attached hydrogens (tertiary/aromatic N) is 2. The van der Waals surface area contributed by atoms with Crippen LogP contribution >= 0.6 is 0 Å². The van der Waals surface area contributed by atoms with Gasteiger partial charge in [0.2, 0.25) is 0 Å². The quantitative estimate of drug-likeness (QED) is 0.731. The summed E-state index contributed by atoms with van der Waals surface area (Å²) in [6, 6.07) is 7.70. The van der Waals surface area contributed by atoms with Gasteiger partial charge >= 0.3 is 0 Å². The number of anilines is 1. The number of hydrogen-bond donors (Lipinski definition) is 1. The van der Waals surface area contributed by atoms with E-state index in [2.05, 4.69) is 12.0 Å². The zero-order valence-electron chi connectivity index (χ0n) is 8.14. The third-order valence-electron chi connectivity index (χ3n) is 2.18. The van der Waals surface area contributed by atoms with Crippen LogP contribution < -0.4 is 5.73 Å². The minimum Gasteiger partial charge on any atom is -0.399 e. The second-order valence-electron chi connectivity index (χ2n) is 3.24. The maximum absolute atomic E-state index is 5.69. The van der Waals surface area contributed by atoms with Crippen LogP contribution in [0.3, 0.4) is 0 Å². The minimum atomic E-state index is 0.760. The first kappa shape index (κ1) is 8.81. The molecule has 3 heteroatoms. The lowest BCUT2D eigenvalue weighted by molar-refractivity contribution is 0.880. The lowest BCUT2D eigenvalue weighted by Crippen LogP contribution is -1.95. The van der Waals surface area contributed by atoms with Gasteiger partial charge in [-0.1, -0.05) is 13.0 Å². The van der Waals surface area contributed by atoms with Crippen LogP contribution in [0.2, 0.25) is 0 Å². The van der Waals surface area contributed by atoms with Crippen molar-refractivity contribution in [3.63, 3.8) is 0 Å². The summed E-state index contributed by atoms with van der Waals surface area (Å²) in [4.78, 5) is 0. The van der Waals surface area contributed by atoms with E-state index in [0.717, 1.165) is 17.8 Å². The van der Waals surface area contributed by atoms with Gasteiger partial charge in [-0.2, -0.15) is 5.10 Å². The summed E-state index contributed by atoms with van der Waals surface area (Å²) in [5.41, 5.74) is 8.69. The molecular weight excluding hydrogens is 174 g/mol. The highest BCUT2D eigenvalue weighted by Crippen LogP contribution is 2.11. The van der Waals surface area contributed by atoms with Gasteiger partial charge in [0, 0.05) is 11.9 Å². The first-order valence-corrected chi connectivity index (χ1v) is 4.69. The van der Waals surface area contributed by atoms with Crippen LogP contribution in [0.25, 0.3) is 5.69 Å². The second-order valence-corrected chi connectivity index (χ2v) is 3.24. The molecule has 1 aromatic carbocycles. The fraction of sp³-hybridized carbons (Fsp3) is 0.182. The van der Waals surface area contributed by atoms with Crippen molar-refractivity contribution in [3.05, 3.63) is 42.2 Å². The lowest BCUT2D eigenvalue weighted by Gasteiger charge is -2.01. The van der Waals surface area contributed by atoms with Crippen LogP contribution in [-0.2, 0) is 6.42 Å². The monoisotopic (exact) mass is 187 g/mol. The van der Waals surface area contributed by atoms with E-state index in [1.165, 1.54) is 5.56 Å². The molecule has 0 bridgehead atoms. The molecule has 0 saturated heterocycles. The third kappa shape index (κ3) is 1.62. The first-order chi connectivity index (χ1) is 6.79. The van der Waals surface area contributed by atoms with Gasteiger partial charge in [-0.15, -0.1) is 0 Å². The topological polar surface area (TPSA) is 43.8 Å². The van der Waals surface area contributed by atoms with Crippen molar-refractivity contribution in [2.24, 2.45) is 0 Å². The summed E-state index contributed by atoms with van der Waals surface area (Å²) in [5.74, 6) is 0. The zero-order valence-corrected chi connectivity index (χ0v) is 8.14. The Balaban J connectivity index is 2.39. The van der Waals surface area contributed by atoms with Crippen LogP contribution in [-0.4, -0.2) is 9.78 Å². The Hall–Kier alpha value is -1.77. The summed E-state index contributed by atoms with van der Waals surface area (Å²) in [7, 11) is 0. The highest BCUT2D eigenvalue weighted by Gasteiger charge is 1.98. The maximum atomic E-state index is 5.69. The van der Waals surface area contributed by atoms with Crippen molar-refractivity contribution in [3.8, 4) is 5.69 Å². The Morgan fingerprint density at radius 1 is 1.43 bits per heavy atom. The summed E-state index contributed by atoms with van der Waals surface area (Å²) < 4.78 is 1.84. The fourth-order valence-corrected chi connectivity index (χ4v) is 1.35. The molecule has 0 aliphatic heterocycles. The highest BCUT2D eigenvalue weighted by molar-refractivity contribution is 5.47. The van der Waals surface area contributed by atoms with E-state index in [-0.39, 0.29) is 0 Å². The summed E-state index contributed by atoms with van der Waals surface area (Å²) in [6.45, 7) is 2.11. The van der Waals surface area contributed by atoms with Crippen molar-refractivity contribution in [1.82, 2.24) is 9.78 Å². The average Bonchev–Trinajstić information content (AvgIpc) is 2.66. The van der Waals surface area contributed by atoms with Crippen molar-refractivity contribution < 1.29 is 0 Å². The van der Waals surface area contributed by atoms with E-state index in [1.54, 1.807) is 0 Å². The molecule has 2 aromatic rings. The number of hydrogen-bond acceptors (Lipinski definition) is 2. The second kappa shape index (κ2) is 3.54. The van der Waals surface area contributed by atoms with Crippen molar-refractivity contribution in [2.45, 2.75) is 13.3 Å². The largest absolute Gasteiger partial charge is 0.399 e. The van der Waals surface area contributed by atoms with Crippen molar-refractivity contribution in [1.29, 1.82) is 0 Å². The standard InChI is InChI=1S/C11H13N3/c1-2-9-7-13-14(8-9)11-5-3-4-10(12)6-11/h3-8H,2,12H2,1H3. The van der Waals surface area contributed by atoms with Gasteiger partial charge in [0.1, 0.15) is 0 Å². The lowest BCUT2D eigenvalue weighted by atomic mass is 10.3. The average molecular weight is 187 g/mol. The Kier molecular flexibility index (Phi) is 2.23. The molecule has 0 amide bonds. The molecule has 0 aliphatic carbocycles. The maximum Gasteiger partial charge on any atom is 0.0666 e. The van der Waals surface area contributed by atoms with Crippen LogP contribution in [0.4, 0.5) is 5.69 Å². The molecule has 0 aliphatic rings. The molecule has 0 fully saturated rings. The molecule has 0 atom stereocenters.